The normalized spacial score (nSPS) is 24.9. The molecule has 1 aliphatic heterocycles. The molecule has 0 spiro atoms. The van der Waals surface area contributed by atoms with Gasteiger partial charge in [0, 0.05) is 54.0 Å². The lowest BCUT2D eigenvalue weighted by molar-refractivity contribution is 0.134. The second-order valence-electron chi connectivity index (χ2n) is 5.78. The van der Waals surface area contributed by atoms with Gasteiger partial charge in [0.25, 0.3) is 0 Å². The van der Waals surface area contributed by atoms with E-state index in [2.05, 4.69) is 47.5 Å². The van der Waals surface area contributed by atoms with Crippen molar-refractivity contribution in [1.82, 2.24) is 10.2 Å². The van der Waals surface area contributed by atoms with Gasteiger partial charge in [-0.2, -0.15) is 0 Å². The molecule has 1 heterocycles. The number of piperazine rings is 1. The maximum absolute atomic E-state index is 11.7. The smallest absolute Gasteiger partial charge is 0.0362 e. The third kappa shape index (κ3) is 5.20. The molecule has 0 aromatic heterocycles. The quantitative estimate of drug-likeness (QED) is 0.837. The molecule has 0 bridgehead atoms. The summed E-state index contributed by atoms with van der Waals surface area (Å²) in [5.74, 6) is 1.58. The zero-order valence-corrected chi connectivity index (χ0v) is 14.1. The Balaban J connectivity index is 1.89. The highest BCUT2D eigenvalue weighted by Crippen LogP contribution is 2.13. The Hall–Kier alpha value is -0.710. The highest BCUT2D eigenvalue weighted by Gasteiger charge is 2.26. The molecule has 3 unspecified atom stereocenters. The maximum atomic E-state index is 11.7. The Morgan fingerprint density at radius 1 is 1.29 bits per heavy atom. The SMILES string of the molecule is CCC1CNC(Cc2ccccc2)CN1CCS(=O)CC. The van der Waals surface area contributed by atoms with Gasteiger partial charge in [0.1, 0.15) is 0 Å². The van der Waals surface area contributed by atoms with Crippen molar-refractivity contribution in [2.45, 2.75) is 38.8 Å². The van der Waals surface area contributed by atoms with Crippen LogP contribution in [0.3, 0.4) is 0 Å². The number of rotatable bonds is 7. The summed E-state index contributed by atoms with van der Waals surface area (Å²) < 4.78 is 11.7. The minimum absolute atomic E-state index is 0.505. The summed E-state index contributed by atoms with van der Waals surface area (Å²) in [6, 6.07) is 11.8. The molecule has 21 heavy (non-hydrogen) atoms. The van der Waals surface area contributed by atoms with Crippen LogP contribution in [0.4, 0.5) is 0 Å². The second-order valence-corrected chi connectivity index (χ2v) is 7.65. The van der Waals surface area contributed by atoms with E-state index >= 15 is 0 Å². The van der Waals surface area contributed by atoms with E-state index in [9.17, 15) is 4.21 Å². The average Bonchev–Trinajstić information content (AvgIpc) is 2.53. The summed E-state index contributed by atoms with van der Waals surface area (Å²) in [5.41, 5.74) is 1.39. The fourth-order valence-electron chi connectivity index (χ4n) is 3.00. The predicted octanol–water partition coefficient (Wildman–Crippen LogP) is 2.05. The van der Waals surface area contributed by atoms with E-state index in [1.54, 1.807) is 0 Å². The summed E-state index contributed by atoms with van der Waals surface area (Å²) in [4.78, 5) is 2.54. The first-order valence-electron chi connectivity index (χ1n) is 8.09. The van der Waals surface area contributed by atoms with Crippen molar-refractivity contribution in [3.63, 3.8) is 0 Å². The molecule has 3 atom stereocenters. The lowest BCUT2D eigenvalue weighted by atomic mass is 10.0. The van der Waals surface area contributed by atoms with Gasteiger partial charge in [-0.25, -0.2) is 0 Å². The average molecular weight is 308 g/mol. The van der Waals surface area contributed by atoms with Gasteiger partial charge in [0.15, 0.2) is 0 Å². The molecular weight excluding hydrogens is 280 g/mol. The summed E-state index contributed by atoms with van der Waals surface area (Å²) in [5, 5.41) is 3.68. The van der Waals surface area contributed by atoms with E-state index in [1.165, 1.54) is 5.56 Å². The third-order valence-electron chi connectivity index (χ3n) is 4.34. The zero-order chi connectivity index (χ0) is 15.1. The molecule has 1 aromatic carbocycles. The minimum atomic E-state index is -0.657. The minimum Gasteiger partial charge on any atom is -0.311 e. The lowest BCUT2D eigenvalue weighted by Crippen LogP contribution is -2.57. The third-order valence-corrected chi connectivity index (χ3v) is 5.62. The van der Waals surface area contributed by atoms with Crippen LogP contribution in [0.25, 0.3) is 0 Å². The zero-order valence-electron chi connectivity index (χ0n) is 13.3. The van der Waals surface area contributed by atoms with Gasteiger partial charge in [-0.05, 0) is 18.4 Å². The number of hydrogen-bond donors (Lipinski definition) is 1. The van der Waals surface area contributed by atoms with Gasteiger partial charge in [-0.3, -0.25) is 9.11 Å². The van der Waals surface area contributed by atoms with Gasteiger partial charge in [0.05, 0.1) is 0 Å². The Labute approximate surface area is 131 Å². The van der Waals surface area contributed by atoms with E-state index in [0.717, 1.165) is 44.0 Å². The van der Waals surface area contributed by atoms with E-state index in [0.29, 0.717) is 12.1 Å². The molecule has 0 aliphatic carbocycles. The number of nitrogens with zero attached hydrogens (tertiary/aromatic N) is 1. The van der Waals surface area contributed by atoms with Crippen molar-refractivity contribution in [2.75, 3.05) is 31.1 Å². The molecule has 118 valence electrons. The van der Waals surface area contributed by atoms with Crippen molar-refractivity contribution >= 4 is 10.8 Å². The molecule has 0 radical (unpaired) electrons. The van der Waals surface area contributed by atoms with Gasteiger partial charge in [0.2, 0.25) is 0 Å². The molecule has 2 rings (SSSR count). The molecule has 4 heteroatoms. The number of hydrogen-bond acceptors (Lipinski definition) is 3. The fraction of sp³-hybridized carbons (Fsp3) is 0.647. The van der Waals surface area contributed by atoms with Gasteiger partial charge >= 0.3 is 0 Å². The summed E-state index contributed by atoms with van der Waals surface area (Å²) >= 11 is 0. The molecule has 1 N–H and O–H groups in total. The topological polar surface area (TPSA) is 32.3 Å². The lowest BCUT2D eigenvalue weighted by Gasteiger charge is -2.40. The van der Waals surface area contributed by atoms with Crippen LogP contribution < -0.4 is 5.32 Å². The van der Waals surface area contributed by atoms with Crippen LogP contribution in [0.15, 0.2) is 30.3 Å². The van der Waals surface area contributed by atoms with Crippen molar-refractivity contribution in [3.8, 4) is 0 Å². The highest BCUT2D eigenvalue weighted by atomic mass is 32.2. The van der Waals surface area contributed by atoms with Crippen molar-refractivity contribution in [1.29, 1.82) is 0 Å². The van der Waals surface area contributed by atoms with Crippen LogP contribution in [0.1, 0.15) is 25.8 Å². The largest absolute Gasteiger partial charge is 0.311 e. The molecule has 1 saturated heterocycles. The van der Waals surface area contributed by atoms with Crippen LogP contribution in [0.5, 0.6) is 0 Å². The van der Waals surface area contributed by atoms with Crippen molar-refractivity contribution < 1.29 is 4.21 Å². The predicted molar refractivity (Wildman–Crippen MR) is 91.1 cm³/mol. The Kier molecular flexibility index (Phi) is 6.87. The van der Waals surface area contributed by atoms with Crippen molar-refractivity contribution in [3.05, 3.63) is 35.9 Å². The summed E-state index contributed by atoms with van der Waals surface area (Å²) in [6.07, 6.45) is 2.23. The van der Waals surface area contributed by atoms with Crippen LogP contribution >= 0.6 is 0 Å². The molecule has 0 amide bonds. The van der Waals surface area contributed by atoms with Crippen LogP contribution in [-0.4, -0.2) is 52.3 Å². The van der Waals surface area contributed by atoms with E-state index in [4.69, 9.17) is 0 Å². The first-order chi connectivity index (χ1) is 10.2. The molecule has 1 aromatic rings. The fourth-order valence-corrected chi connectivity index (χ4v) is 3.73. The highest BCUT2D eigenvalue weighted by molar-refractivity contribution is 7.84. The number of nitrogens with one attached hydrogen (secondary N) is 1. The van der Waals surface area contributed by atoms with Crippen LogP contribution in [0.2, 0.25) is 0 Å². The second kappa shape index (κ2) is 8.66. The Morgan fingerprint density at radius 3 is 2.71 bits per heavy atom. The molecule has 0 saturated carbocycles. The Bertz CT molecular complexity index is 438. The van der Waals surface area contributed by atoms with E-state index < -0.39 is 10.8 Å². The number of benzene rings is 1. The van der Waals surface area contributed by atoms with Gasteiger partial charge in [-0.15, -0.1) is 0 Å². The van der Waals surface area contributed by atoms with Gasteiger partial charge < -0.3 is 5.32 Å². The molecule has 1 aliphatic rings. The summed E-state index contributed by atoms with van der Waals surface area (Å²) in [7, 11) is -0.657. The van der Waals surface area contributed by atoms with E-state index in [-0.39, 0.29) is 0 Å². The van der Waals surface area contributed by atoms with Crippen LogP contribution in [0, 0.1) is 0 Å². The first-order valence-corrected chi connectivity index (χ1v) is 9.58. The van der Waals surface area contributed by atoms with E-state index in [1.807, 2.05) is 6.92 Å². The monoisotopic (exact) mass is 308 g/mol. The standard InChI is InChI=1S/C17H28N2OS/c1-3-17-13-18-16(12-15-8-6-5-7-9-15)14-19(17)10-11-21(20)4-2/h5-9,16-18H,3-4,10-14H2,1-2H3. The maximum Gasteiger partial charge on any atom is 0.0362 e. The Morgan fingerprint density at radius 2 is 2.05 bits per heavy atom. The summed E-state index contributed by atoms with van der Waals surface area (Å²) in [6.45, 7) is 7.32. The first kappa shape index (κ1) is 16.7. The molecule has 1 fully saturated rings. The molecular formula is C17H28N2OS. The molecule has 3 nitrogen and oxygen atoms in total. The van der Waals surface area contributed by atoms with Crippen LogP contribution in [-0.2, 0) is 17.2 Å². The van der Waals surface area contributed by atoms with Gasteiger partial charge in [-0.1, -0.05) is 44.2 Å². The van der Waals surface area contributed by atoms with Crippen molar-refractivity contribution in [2.24, 2.45) is 0 Å².